The molecule has 0 aliphatic heterocycles. The van der Waals surface area contributed by atoms with E-state index >= 15 is 0 Å². The number of hydrogen-bond donors (Lipinski definition) is 1. The lowest BCUT2D eigenvalue weighted by Crippen LogP contribution is -2.01. The fourth-order valence-electron chi connectivity index (χ4n) is 1.88. The van der Waals surface area contributed by atoms with Crippen LogP contribution in [0.1, 0.15) is 25.3 Å². The Labute approximate surface area is 107 Å². The van der Waals surface area contributed by atoms with Crippen LogP contribution in [0.4, 0.5) is 5.82 Å². The van der Waals surface area contributed by atoms with Gasteiger partial charge in [0.05, 0.1) is 13.3 Å². The highest BCUT2D eigenvalue weighted by Gasteiger charge is 2.12. The number of aromatic nitrogens is 2. The summed E-state index contributed by atoms with van der Waals surface area (Å²) in [6.45, 7) is 4.29. The summed E-state index contributed by atoms with van der Waals surface area (Å²) in [5.74, 6) is 1.91. The number of anilines is 1. The molecule has 0 saturated carbocycles. The van der Waals surface area contributed by atoms with Gasteiger partial charge in [-0.15, -0.1) is 0 Å². The lowest BCUT2D eigenvalue weighted by molar-refractivity contribution is 0.413. The van der Waals surface area contributed by atoms with Gasteiger partial charge < -0.3 is 10.5 Å². The molecular weight excluding hydrogens is 226 g/mol. The van der Waals surface area contributed by atoms with Gasteiger partial charge in [0.2, 0.25) is 0 Å². The van der Waals surface area contributed by atoms with Crippen molar-refractivity contribution in [3.05, 3.63) is 36.0 Å². The number of benzene rings is 1. The zero-order valence-electron chi connectivity index (χ0n) is 10.8. The molecule has 0 spiro atoms. The number of ether oxygens (including phenoxy) is 1. The van der Waals surface area contributed by atoms with E-state index in [-0.39, 0.29) is 0 Å². The van der Waals surface area contributed by atoms with E-state index in [4.69, 9.17) is 10.5 Å². The topological polar surface area (TPSA) is 61.0 Å². The second kappa shape index (κ2) is 5.04. The summed E-state index contributed by atoms with van der Waals surface area (Å²) in [7, 11) is 1.55. The van der Waals surface area contributed by atoms with Crippen LogP contribution >= 0.6 is 0 Å². The number of nitrogens with two attached hydrogens (primary N) is 1. The first-order valence-corrected chi connectivity index (χ1v) is 5.89. The van der Waals surface area contributed by atoms with E-state index < -0.39 is 0 Å². The van der Waals surface area contributed by atoms with E-state index in [1.807, 2.05) is 18.2 Å². The second-order valence-electron chi connectivity index (χ2n) is 4.39. The van der Waals surface area contributed by atoms with Gasteiger partial charge in [-0.25, -0.2) is 9.97 Å². The van der Waals surface area contributed by atoms with Gasteiger partial charge in [0.1, 0.15) is 0 Å². The van der Waals surface area contributed by atoms with Crippen molar-refractivity contribution in [3.8, 4) is 17.1 Å². The number of nitrogens with zero attached hydrogens (tertiary/aromatic N) is 2. The van der Waals surface area contributed by atoms with Gasteiger partial charge in [-0.1, -0.05) is 38.1 Å². The molecule has 0 atom stereocenters. The van der Waals surface area contributed by atoms with Crippen LogP contribution in [0.25, 0.3) is 11.4 Å². The fraction of sp³-hybridized carbons (Fsp3) is 0.286. The smallest absolute Gasteiger partial charge is 0.179 e. The van der Waals surface area contributed by atoms with Crippen molar-refractivity contribution in [1.82, 2.24) is 9.97 Å². The molecule has 0 aliphatic carbocycles. The lowest BCUT2D eigenvalue weighted by atomic mass is 9.97. The maximum absolute atomic E-state index is 5.82. The van der Waals surface area contributed by atoms with Crippen molar-refractivity contribution in [1.29, 1.82) is 0 Å². The second-order valence-corrected chi connectivity index (χ2v) is 4.39. The largest absolute Gasteiger partial charge is 0.491 e. The molecule has 1 aromatic heterocycles. The van der Waals surface area contributed by atoms with E-state index in [2.05, 4.69) is 29.9 Å². The fourth-order valence-corrected chi connectivity index (χ4v) is 1.88. The van der Waals surface area contributed by atoms with Crippen molar-refractivity contribution in [3.63, 3.8) is 0 Å². The van der Waals surface area contributed by atoms with Crippen molar-refractivity contribution in [2.24, 2.45) is 0 Å². The molecule has 0 saturated heterocycles. The molecule has 0 bridgehead atoms. The summed E-state index contributed by atoms with van der Waals surface area (Å²) in [6.07, 6.45) is 1.61. The molecule has 2 N–H and O–H groups in total. The Bertz CT molecular complexity index is 552. The minimum Gasteiger partial charge on any atom is -0.491 e. The van der Waals surface area contributed by atoms with E-state index in [1.165, 1.54) is 5.56 Å². The number of hydrogen-bond acceptors (Lipinski definition) is 4. The normalized spacial score (nSPS) is 10.7. The van der Waals surface area contributed by atoms with Crippen LogP contribution in [0.2, 0.25) is 0 Å². The van der Waals surface area contributed by atoms with Crippen LogP contribution in [0.5, 0.6) is 5.75 Å². The predicted molar refractivity (Wildman–Crippen MR) is 72.5 cm³/mol. The Balaban J connectivity index is 2.52. The highest BCUT2D eigenvalue weighted by atomic mass is 16.5. The van der Waals surface area contributed by atoms with Gasteiger partial charge in [-0.3, -0.25) is 0 Å². The molecule has 4 heteroatoms. The van der Waals surface area contributed by atoms with Gasteiger partial charge in [0.25, 0.3) is 0 Å². The standard InChI is InChI=1S/C14H17N3O/c1-9(2)10-6-4-5-7-11(10)14-16-8-12(18-3)13(15)17-14/h4-9H,1-3H3,(H2,15,16,17). The summed E-state index contributed by atoms with van der Waals surface area (Å²) in [5, 5.41) is 0. The van der Waals surface area contributed by atoms with Crippen molar-refractivity contribution < 1.29 is 4.74 Å². The molecule has 0 unspecified atom stereocenters. The van der Waals surface area contributed by atoms with Crippen LogP contribution < -0.4 is 10.5 Å². The molecule has 0 aliphatic rings. The Morgan fingerprint density at radius 1 is 1.22 bits per heavy atom. The van der Waals surface area contributed by atoms with Crippen LogP contribution in [-0.2, 0) is 0 Å². The SMILES string of the molecule is COc1cnc(-c2ccccc2C(C)C)nc1N. The van der Waals surface area contributed by atoms with Gasteiger partial charge >= 0.3 is 0 Å². The maximum atomic E-state index is 5.82. The summed E-state index contributed by atoms with van der Waals surface area (Å²) < 4.78 is 5.06. The third-order valence-corrected chi connectivity index (χ3v) is 2.83. The average Bonchev–Trinajstić information content (AvgIpc) is 2.38. The third-order valence-electron chi connectivity index (χ3n) is 2.83. The van der Waals surface area contributed by atoms with Gasteiger partial charge in [-0.2, -0.15) is 0 Å². The Morgan fingerprint density at radius 2 is 1.94 bits per heavy atom. The molecule has 4 nitrogen and oxygen atoms in total. The molecular formula is C14H17N3O. The monoisotopic (exact) mass is 243 g/mol. The maximum Gasteiger partial charge on any atom is 0.179 e. The van der Waals surface area contributed by atoms with Crippen LogP contribution in [0.15, 0.2) is 30.5 Å². The molecule has 18 heavy (non-hydrogen) atoms. The first-order chi connectivity index (χ1) is 8.63. The Morgan fingerprint density at radius 3 is 2.56 bits per heavy atom. The lowest BCUT2D eigenvalue weighted by Gasteiger charge is -2.12. The Kier molecular flexibility index (Phi) is 3.46. The average molecular weight is 243 g/mol. The van der Waals surface area contributed by atoms with E-state index in [0.29, 0.717) is 23.3 Å². The van der Waals surface area contributed by atoms with E-state index in [9.17, 15) is 0 Å². The number of rotatable bonds is 3. The molecule has 1 heterocycles. The zero-order valence-corrected chi connectivity index (χ0v) is 10.8. The van der Waals surface area contributed by atoms with E-state index in [1.54, 1.807) is 13.3 Å². The highest BCUT2D eigenvalue weighted by molar-refractivity contribution is 5.63. The quantitative estimate of drug-likeness (QED) is 0.900. The van der Waals surface area contributed by atoms with E-state index in [0.717, 1.165) is 5.56 Å². The first kappa shape index (κ1) is 12.4. The summed E-state index contributed by atoms with van der Waals surface area (Å²) in [5.41, 5.74) is 8.05. The molecule has 2 rings (SSSR count). The van der Waals surface area contributed by atoms with Crippen LogP contribution in [0.3, 0.4) is 0 Å². The summed E-state index contributed by atoms with van der Waals surface area (Å²) in [4.78, 5) is 8.61. The predicted octanol–water partition coefficient (Wildman–Crippen LogP) is 2.86. The van der Waals surface area contributed by atoms with Gasteiger partial charge in [0.15, 0.2) is 17.4 Å². The number of methoxy groups -OCH3 is 1. The van der Waals surface area contributed by atoms with Crippen molar-refractivity contribution in [2.45, 2.75) is 19.8 Å². The minimum absolute atomic E-state index is 0.362. The molecule has 2 aromatic rings. The third kappa shape index (κ3) is 2.27. The van der Waals surface area contributed by atoms with Crippen molar-refractivity contribution in [2.75, 3.05) is 12.8 Å². The van der Waals surface area contributed by atoms with Crippen LogP contribution in [-0.4, -0.2) is 17.1 Å². The molecule has 0 radical (unpaired) electrons. The van der Waals surface area contributed by atoms with Crippen molar-refractivity contribution >= 4 is 5.82 Å². The number of nitrogen functional groups attached to an aromatic ring is 1. The van der Waals surface area contributed by atoms with Gasteiger partial charge in [0, 0.05) is 5.56 Å². The highest BCUT2D eigenvalue weighted by Crippen LogP contribution is 2.28. The minimum atomic E-state index is 0.362. The first-order valence-electron chi connectivity index (χ1n) is 5.89. The molecule has 0 fully saturated rings. The molecule has 94 valence electrons. The van der Waals surface area contributed by atoms with Crippen LogP contribution in [0, 0.1) is 0 Å². The van der Waals surface area contributed by atoms with Gasteiger partial charge in [-0.05, 0) is 11.5 Å². The Hall–Kier alpha value is -2.10. The summed E-state index contributed by atoms with van der Waals surface area (Å²) in [6, 6.07) is 8.09. The summed E-state index contributed by atoms with van der Waals surface area (Å²) >= 11 is 0. The molecule has 1 aromatic carbocycles. The molecule has 0 amide bonds. The zero-order chi connectivity index (χ0) is 13.1.